The largest absolute Gasteiger partial charge is 0.380 e. The lowest BCUT2D eigenvalue weighted by atomic mass is 10.1. The molecule has 1 aromatic carbocycles. The first-order valence-electron chi connectivity index (χ1n) is 5.69. The van der Waals surface area contributed by atoms with Gasteiger partial charge in [0.05, 0.1) is 12.2 Å². The molecule has 94 valence electrons. The first-order chi connectivity index (χ1) is 8.04. The molecule has 0 aliphatic heterocycles. The minimum absolute atomic E-state index is 0.0685. The van der Waals surface area contributed by atoms with E-state index in [0.717, 1.165) is 5.56 Å². The second-order valence-corrected chi connectivity index (χ2v) is 4.02. The Kier molecular flexibility index (Phi) is 5.10. The number of halogens is 1. The van der Waals surface area contributed by atoms with Crippen molar-refractivity contribution in [3.8, 4) is 0 Å². The lowest BCUT2D eigenvalue weighted by molar-refractivity contribution is 0.0868. The van der Waals surface area contributed by atoms with E-state index >= 15 is 0 Å². The zero-order chi connectivity index (χ0) is 12.8. The van der Waals surface area contributed by atoms with Crippen molar-refractivity contribution in [2.24, 2.45) is 0 Å². The summed E-state index contributed by atoms with van der Waals surface area (Å²) in [4.78, 5) is 11.7. The van der Waals surface area contributed by atoms with Crippen molar-refractivity contribution in [2.45, 2.75) is 26.8 Å². The minimum atomic E-state index is -0.494. The molecule has 1 amide bonds. The molecule has 0 fully saturated rings. The lowest BCUT2D eigenvalue weighted by Crippen LogP contribution is -2.36. The van der Waals surface area contributed by atoms with Crippen molar-refractivity contribution < 1.29 is 13.9 Å². The van der Waals surface area contributed by atoms with Gasteiger partial charge in [-0.05, 0) is 38.5 Å². The third-order valence-electron chi connectivity index (χ3n) is 2.32. The molecule has 1 atom stereocenters. The fraction of sp³-hybridized carbons (Fsp3) is 0.462. The van der Waals surface area contributed by atoms with E-state index in [9.17, 15) is 9.18 Å². The lowest BCUT2D eigenvalue weighted by Gasteiger charge is -2.14. The Morgan fingerprint density at radius 1 is 1.53 bits per heavy atom. The van der Waals surface area contributed by atoms with E-state index in [4.69, 9.17) is 4.74 Å². The number of amides is 1. The highest BCUT2D eigenvalue weighted by molar-refractivity contribution is 5.94. The minimum Gasteiger partial charge on any atom is -0.380 e. The number of nitrogens with one attached hydrogen (secondary N) is 1. The van der Waals surface area contributed by atoms with Crippen molar-refractivity contribution in [3.05, 3.63) is 35.1 Å². The maximum absolute atomic E-state index is 13.5. The zero-order valence-electron chi connectivity index (χ0n) is 10.4. The third-order valence-corrected chi connectivity index (χ3v) is 2.32. The van der Waals surface area contributed by atoms with E-state index in [1.807, 2.05) is 13.8 Å². The Bertz CT molecular complexity index is 393. The summed E-state index contributed by atoms with van der Waals surface area (Å²) in [7, 11) is 0. The van der Waals surface area contributed by atoms with Gasteiger partial charge in [-0.15, -0.1) is 0 Å². The maximum atomic E-state index is 13.5. The van der Waals surface area contributed by atoms with Crippen LogP contribution < -0.4 is 5.32 Å². The summed E-state index contributed by atoms with van der Waals surface area (Å²) in [6.45, 7) is 6.51. The van der Waals surface area contributed by atoms with Crippen LogP contribution in [0.5, 0.6) is 0 Å². The molecule has 0 saturated heterocycles. The van der Waals surface area contributed by atoms with E-state index in [1.165, 1.54) is 12.1 Å². The highest BCUT2D eigenvalue weighted by Gasteiger charge is 2.13. The van der Waals surface area contributed by atoms with Crippen molar-refractivity contribution in [1.82, 2.24) is 5.32 Å². The predicted molar refractivity (Wildman–Crippen MR) is 64.6 cm³/mol. The van der Waals surface area contributed by atoms with Crippen LogP contribution in [0.2, 0.25) is 0 Å². The van der Waals surface area contributed by atoms with Crippen LogP contribution in [0.15, 0.2) is 18.2 Å². The molecule has 0 heterocycles. The number of hydrogen-bond donors (Lipinski definition) is 1. The zero-order valence-corrected chi connectivity index (χ0v) is 10.4. The fourth-order valence-electron chi connectivity index (χ4n) is 1.44. The Morgan fingerprint density at radius 2 is 2.24 bits per heavy atom. The average Bonchev–Trinajstić information content (AvgIpc) is 2.26. The average molecular weight is 239 g/mol. The van der Waals surface area contributed by atoms with Crippen molar-refractivity contribution in [2.75, 3.05) is 13.2 Å². The molecule has 0 saturated carbocycles. The van der Waals surface area contributed by atoms with Crippen LogP contribution in [0.3, 0.4) is 0 Å². The summed E-state index contributed by atoms with van der Waals surface area (Å²) in [5.41, 5.74) is 0.861. The van der Waals surface area contributed by atoms with Crippen molar-refractivity contribution >= 4 is 5.91 Å². The Labute approximate surface area is 101 Å². The van der Waals surface area contributed by atoms with Gasteiger partial charge in [-0.2, -0.15) is 0 Å². The smallest absolute Gasteiger partial charge is 0.254 e. The molecule has 0 aliphatic rings. The number of carbonyl (C=O) groups excluding carboxylic acids is 1. The highest BCUT2D eigenvalue weighted by Crippen LogP contribution is 2.09. The summed E-state index contributed by atoms with van der Waals surface area (Å²) in [5, 5.41) is 2.69. The van der Waals surface area contributed by atoms with E-state index in [-0.39, 0.29) is 11.6 Å². The van der Waals surface area contributed by atoms with Gasteiger partial charge in [-0.25, -0.2) is 4.39 Å². The van der Waals surface area contributed by atoms with Gasteiger partial charge in [0.25, 0.3) is 5.91 Å². The van der Waals surface area contributed by atoms with Gasteiger partial charge in [0, 0.05) is 12.6 Å². The van der Waals surface area contributed by atoms with E-state index in [1.54, 1.807) is 13.0 Å². The van der Waals surface area contributed by atoms with Gasteiger partial charge < -0.3 is 10.1 Å². The van der Waals surface area contributed by atoms with Crippen LogP contribution in [0.4, 0.5) is 4.39 Å². The number of carbonyl (C=O) groups is 1. The van der Waals surface area contributed by atoms with Crippen molar-refractivity contribution in [1.29, 1.82) is 0 Å². The second-order valence-electron chi connectivity index (χ2n) is 4.02. The van der Waals surface area contributed by atoms with Crippen LogP contribution in [-0.4, -0.2) is 25.2 Å². The van der Waals surface area contributed by atoms with E-state index in [2.05, 4.69) is 5.32 Å². The highest BCUT2D eigenvalue weighted by atomic mass is 19.1. The van der Waals surface area contributed by atoms with Crippen LogP contribution in [0.1, 0.15) is 29.8 Å². The molecule has 4 heteroatoms. The molecule has 0 spiro atoms. The topological polar surface area (TPSA) is 38.3 Å². The summed E-state index contributed by atoms with van der Waals surface area (Å²) >= 11 is 0. The number of hydrogen-bond acceptors (Lipinski definition) is 2. The molecule has 0 aliphatic carbocycles. The van der Waals surface area contributed by atoms with Gasteiger partial charge in [0.2, 0.25) is 0 Å². The summed E-state index contributed by atoms with van der Waals surface area (Å²) < 4.78 is 18.7. The third kappa shape index (κ3) is 4.15. The molecule has 0 bridgehead atoms. The molecule has 0 aromatic heterocycles. The molecular formula is C13H18FNO2. The molecule has 1 unspecified atom stereocenters. The monoisotopic (exact) mass is 239 g/mol. The normalized spacial score (nSPS) is 12.2. The molecule has 1 N–H and O–H groups in total. The number of ether oxygens (including phenoxy) is 1. The summed E-state index contributed by atoms with van der Waals surface area (Å²) in [6, 6.07) is 4.42. The summed E-state index contributed by atoms with van der Waals surface area (Å²) in [5.74, 6) is -0.902. The molecule has 17 heavy (non-hydrogen) atoms. The number of aryl methyl sites for hydroxylation is 1. The van der Waals surface area contributed by atoms with Crippen LogP contribution in [0, 0.1) is 12.7 Å². The Hall–Kier alpha value is -1.42. The Morgan fingerprint density at radius 3 is 2.82 bits per heavy atom. The molecule has 3 nitrogen and oxygen atoms in total. The SMILES string of the molecule is CCOCC(C)NC(=O)c1ccc(C)cc1F. The standard InChI is InChI=1S/C13H18FNO2/c1-4-17-8-10(3)15-13(16)11-6-5-9(2)7-12(11)14/h5-7,10H,4,8H2,1-3H3,(H,15,16). The van der Waals surface area contributed by atoms with Gasteiger partial charge in [-0.3, -0.25) is 4.79 Å². The fourth-order valence-corrected chi connectivity index (χ4v) is 1.44. The summed E-state index contributed by atoms with van der Waals surface area (Å²) in [6.07, 6.45) is 0. The predicted octanol–water partition coefficient (Wildman–Crippen LogP) is 2.29. The molecule has 0 radical (unpaired) electrons. The van der Waals surface area contributed by atoms with Gasteiger partial charge in [0.1, 0.15) is 5.82 Å². The van der Waals surface area contributed by atoms with Gasteiger partial charge >= 0.3 is 0 Å². The van der Waals surface area contributed by atoms with Gasteiger partial charge in [0.15, 0.2) is 0 Å². The van der Waals surface area contributed by atoms with E-state index < -0.39 is 11.7 Å². The van der Waals surface area contributed by atoms with Gasteiger partial charge in [-0.1, -0.05) is 6.07 Å². The number of benzene rings is 1. The first-order valence-corrected chi connectivity index (χ1v) is 5.69. The molecular weight excluding hydrogens is 221 g/mol. The molecule has 1 rings (SSSR count). The quantitative estimate of drug-likeness (QED) is 0.856. The van der Waals surface area contributed by atoms with Crippen molar-refractivity contribution in [3.63, 3.8) is 0 Å². The number of rotatable bonds is 5. The second kappa shape index (κ2) is 6.35. The Balaban J connectivity index is 2.63. The van der Waals surface area contributed by atoms with Crippen LogP contribution in [0.25, 0.3) is 0 Å². The van der Waals surface area contributed by atoms with Crippen LogP contribution in [-0.2, 0) is 4.74 Å². The molecule has 1 aromatic rings. The van der Waals surface area contributed by atoms with E-state index in [0.29, 0.717) is 13.2 Å². The first kappa shape index (κ1) is 13.6. The van der Waals surface area contributed by atoms with Crippen LogP contribution >= 0.6 is 0 Å². The maximum Gasteiger partial charge on any atom is 0.254 e.